The van der Waals surface area contributed by atoms with Crippen LogP contribution in [-0.2, 0) is 0 Å². The summed E-state index contributed by atoms with van der Waals surface area (Å²) in [6, 6.07) is 11.0. The number of hydrogen-bond acceptors (Lipinski definition) is 3. The summed E-state index contributed by atoms with van der Waals surface area (Å²) in [5, 5.41) is 0. The molecule has 2 heterocycles. The molecule has 1 aromatic heterocycles. The van der Waals surface area contributed by atoms with Gasteiger partial charge in [-0.3, -0.25) is 4.98 Å². The summed E-state index contributed by atoms with van der Waals surface area (Å²) in [5.74, 6) is 0.706. The molecule has 1 aliphatic carbocycles. The van der Waals surface area contributed by atoms with Gasteiger partial charge in [0.1, 0.15) is 0 Å². The van der Waals surface area contributed by atoms with Crippen LogP contribution in [0, 0.1) is 12.8 Å². The van der Waals surface area contributed by atoms with E-state index in [1.165, 1.54) is 40.9 Å². The van der Waals surface area contributed by atoms with Crippen LogP contribution in [0.25, 0.3) is 11.3 Å². The quantitative estimate of drug-likeness (QED) is 0.571. The lowest BCUT2D eigenvalue weighted by Gasteiger charge is -2.33. The van der Waals surface area contributed by atoms with Crippen LogP contribution in [0.2, 0.25) is 0 Å². The zero-order valence-corrected chi connectivity index (χ0v) is 18.1. The first-order valence-electron chi connectivity index (χ1n) is 10.7. The average Bonchev–Trinajstić information content (AvgIpc) is 3.57. The first kappa shape index (κ1) is 19.5. The number of allylic oxidation sites excluding steroid dienone is 3. The van der Waals surface area contributed by atoms with Crippen LogP contribution in [0.15, 0.2) is 61.0 Å². The van der Waals surface area contributed by atoms with Crippen LogP contribution in [-0.4, -0.2) is 18.6 Å². The van der Waals surface area contributed by atoms with Gasteiger partial charge in [0.15, 0.2) is 0 Å². The number of benzene rings is 1. The third-order valence-electron chi connectivity index (χ3n) is 5.97. The van der Waals surface area contributed by atoms with Gasteiger partial charge in [0.25, 0.3) is 0 Å². The molecule has 1 fully saturated rings. The highest BCUT2D eigenvalue weighted by molar-refractivity contribution is 5.89. The monoisotopic (exact) mass is 385 g/mol. The van der Waals surface area contributed by atoms with Crippen molar-refractivity contribution in [1.29, 1.82) is 0 Å². The summed E-state index contributed by atoms with van der Waals surface area (Å²) in [4.78, 5) is 8.90. The van der Waals surface area contributed by atoms with E-state index in [1.807, 2.05) is 19.2 Å². The normalized spacial score (nSPS) is 17.2. The van der Waals surface area contributed by atoms with Gasteiger partial charge in [-0.2, -0.15) is 0 Å². The molecule has 1 aromatic carbocycles. The molecule has 0 bridgehead atoms. The standard InChI is InChI=1S/C26H31N3/c1-6-8-23-17-24(20-9-10-20)25-16-21(11-12-26(25)29(23)7-2)19(4)28(5)22-13-14-27-18(3)15-22/h8,11-17,20H,4,6-7,9-10H2,1-3,5H3/b23-8-. The predicted molar refractivity (Wildman–Crippen MR) is 125 cm³/mol. The largest absolute Gasteiger partial charge is 0.345 e. The third kappa shape index (κ3) is 3.74. The van der Waals surface area contributed by atoms with Crippen molar-refractivity contribution in [3.8, 4) is 0 Å². The van der Waals surface area contributed by atoms with Gasteiger partial charge in [-0.25, -0.2) is 0 Å². The SMILES string of the molecule is C=C(c1ccc2c(c1)C(C1CC1)=C/C(=C/CC)N2CC)N(C)c1ccnc(C)c1. The Balaban J connectivity index is 1.73. The molecule has 3 heteroatoms. The Morgan fingerprint density at radius 3 is 2.69 bits per heavy atom. The number of nitrogens with zero attached hydrogens (tertiary/aromatic N) is 3. The van der Waals surface area contributed by atoms with Gasteiger partial charge in [-0.1, -0.05) is 25.6 Å². The lowest BCUT2D eigenvalue weighted by molar-refractivity contribution is 0.945. The molecular formula is C26H31N3. The molecule has 3 nitrogen and oxygen atoms in total. The second kappa shape index (κ2) is 7.90. The minimum Gasteiger partial charge on any atom is -0.345 e. The minimum absolute atomic E-state index is 0.706. The number of likely N-dealkylation sites (N-methyl/N-ethyl adjacent to an activating group) is 1. The molecule has 0 saturated heterocycles. The van der Waals surface area contributed by atoms with E-state index in [4.69, 9.17) is 0 Å². The molecule has 29 heavy (non-hydrogen) atoms. The summed E-state index contributed by atoms with van der Waals surface area (Å²) < 4.78 is 0. The molecule has 4 rings (SSSR count). The molecule has 0 amide bonds. The summed E-state index contributed by atoms with van der Waals surface area (Å²) >= 11 is 0. The van der Waals surface area contributed by atoms with Crippen molar-refractivity contribution in [2.24, 2.45) is 5.92 Å². The maximum Gasteiger partial charge on any atom is 0.0487 e. The number of aryl methyl sites for hydroxylation is 1. The van der Waals surface area contributed by atoms with Gasteiger partial charge < -0.3 is 9.80 Å². The molecular weight excluding hydrogens is 354 g/mol. The average molecular weight is 386 g/mol. The van der Waals surface area contributed by atoms with Crippen LogP contribution in [0.1, 0.15) is 49.9 Å². The molecule has 150 valence electrons. The fourth-order valence-electron chi connectivity index (χ4n) is 4.19. The zero-order chi connectivity index (χ0) is 20.5. The molecule has 0 spiro atoms. The summed E-state index contributed by atoms with van der Waals surface area (Å²) in [6.07, 6.45) is 10.3. The third-order valence-corrected chi connectivity index (χ3v) is 5.97. The highest BCUT2D eigenvalue weighted by atomic mass is 15.1. The van der Waals surface area contributed by atoms with Crippen LogP contribution in [0.3, 0.4) is 0 Å². The van der Waals surface area contributed by atoms with Crippen LogP contribution in [0.4, 0.5) is 11.4 Å². The Labute approximate surface area is 175 Å². The predicted octanol–water partition coefficient (Wildman–Crippen LogP) is 6.42. The maximum absolute atomic E-state index is 4.41. The minimum atomic E-state index is 0.706. The van der Waals surface area contributed by atoms with E-state index in [0.717, 1.165) is 30.0 Å². The second-order valence-corrected chi connectivity index (χ2v) is 8.05. The van der Waals surface area contributed by atoms with Gasteiger partial charge >= 0.3 is 0 Å². The van der Waals surface area contributed by atoms with Gasteiger partial charge in [0.05, 0.1) is 0 Å². The molecule has 0 atom stereocenters. The van der Waals surface area contributed by atoms with E-state index in [9.17, 15) is 0 Å². The van der Waals surface area contributed by atoms with Crippen molar-refractivity contribution in [2.75, 3.05) is 23.4 Å². The number of anilines is 2. The number of hydrogen-bond donors (Lipinski definition) is 0. The highest BCUT2D eigenvalue weighted by Gasteiger charge is 2.32. The van der Waals surface area contributed by atoms with Crippen molar-refractivity contribution in [1.82, 2.24) is 4.98 Å². The van der Waals surface area contributed by atoms with Crippen molar-refractivity contribution in [2.45, 2.75) is 40.0 Å². The fourth-order valence-corrected chi connectivity index (χ4v) is 4.19. The van der Waals surface area contributed by atoms with E-state index >= 15 is 0 Å². The first-order valence-corrected chi connectivity index (χ1v) is 10.7. The van der Waals surface area contributed by atoms with Crippen molar-refractivity contribution >= 4 is 22.6 Å². The van der Waals surface area contributed by atoms with Crippen LogP contribution < -0.4 is 9.80 Å². The molecule has 0 N–H and O–H groups in total. The Bertz CT molecular complexity index is 995. The molecule has 2 aromatic rings. The van der Waals surface area contributed by atoms with Crippen molar-refractivity contribution in [3.63, 3.8) is 0 Å². The van der Waals surface area contributed by atoms with Gasteiger partial charge in [-0.15, -0.1) is 0 Å². The molecule has 0 radical (unpaired) electrons. The number of aromatic nitrogens is 1. The van der Waals surface area contributed by atoms with Gasteiger partial charge in [-0.05, 0) is 80.5 Å². The molecule has 1 aliphatic heterocycles. The Morgan fingerprint density at radius 1 is 1.24 bits per heavy atom. The lowest BCUT2D eigenvalue weighted by atomic mass is 9.91. The molecule has 0 unspecified atom stereocenters. The van der Waals surface area contributed by atoms with Crippen molar-refractivity contribution in [3.05, 3.63) is 77.8 Å². The Morgan fingerprint density at radius 2 is 2.03 bits per heavy atom. The number of fused-ring (bicyclic) bond motifs is 1. The zero-order valence-electron chi connectivity index (χ0n) is 18.1. The Kier molecular flexibility index (Phi) is 5.31. The number of pyridine rings is 1. The lowest BCUT2D eigenvalue weighted by Crippen LogP contribution is -2.25. The first-order chi connectivity index (χ1) is 14.0. The summed E-state index contributed by atoms with van der Waals surface area (Å²) in [5.41, 5.74) is 9.86. The van der Waals surface area contributed by atoms with Gasteiger partial charge in [0, 0.05) is 53.8 Å². The molecule has 1 saturated carbocycles. The van der Waals surface area contributed by atoms with E-state index in [2.05, 4.69) is 78.7 Å². The van der Waals surface area contributed by atoms with E-state index < -0.39 is 0 Å². The molecule has 2 aliphatic rings. The Hall–Kier alpha value is -2.81. The fraction of sp³-hybridized carbons (Fsp3) is 0.346. The van der Waals surface area contributed by atoms with Gasteiger partial charge in [0.2, 0.25) is 0 Å². The van der Waals surface area contributed by atoms with E-state index in [1.54, 1.807) is 0 Å². The van der Waals surface area contributed by atoms with E-state index in [0.29, 0.717) is 5.92 Å². The number of rotatable bonds is 6. The highest BCUT2D eigenvalue weighted by Crippen LogP contribution is 2.48. The smallest absolute Gasteiger partial charge is 0.0487 e. The van der Waals surface area contributed by atoms with Crippen LogP contribution in [0.5, 0.6) is 0 Å². The topological polar surface area (TPSA) is 19.4 Å². The van der Waals surface area contributed by atoms with Crippen LogP contribution >= 0.6 is 0 Å². The second-order valence-electron chi connectivity index (χ2n) is 8.05. The van der Waals surface area contributed by atoms with E-state index in [-0.39, 0.29) is 0 Å². The summed E-state index contributed by atoms with van der Waals surface area (Å²) in [7, 11) is 2.08. The summed E-state index contributed by atoms with van der Waals surface area (Å²) in [6.45, 7) is 11.9. The van der Waals surface area contributed by atoms with Crippen molar-refractivity contribution < 1.29 is 0 Å². The maximum atomic E-state index is 4.41.